The molecule has 0 saturated heterocycles. The SMILES string of the molecule is CCCNC1c2ccccc2CC1Cc1cccc(Cl)c1. The Morgan fingerprint density at radius 3 is 2.81 bits per heavy atom. The summed E-state index contributed by atoms with van der Waals surface area (Å²) in [5.41, 5.74) is 4.32. The molecule has 0 bridgehead atoms. The quantitative estimate of drug-likeness (QED) is 0.836. The Balaban J connectivity index is 1.81. The van der Waals surface area contributed by atoms with Gasteiger partial charge in [-0.1, -0.05) is 54.9 Å². The molecule has 2 unspecified atom stereocenters. The molecule has 2 heteroatoms. The van der Waals surface area contributed by atoms with Crippen molar-refractivity contribution in [3.63, 3.8) is 0 Å². The minimum absolute atomic E-state index is 0.472. The summed E-state index contributed by atoms with van der Waals surface area (Å²) >= 11 is 6.12. The fraction of sp³-hybridized carbons (Fsp3) is 0.368. The number of halogens is 1. The van der Waals surface area contributed by atoms with Crippen LogP contribution in [0.2, 0.25) is 5.02 Å². The summed E-state index contributed by atoms with van der Waals surface area (Å²) < 4.78 is 0. The zero-order valence-corrected chi connectivity index (χ0v) is 13.2. The van der Waals surface area contributed by atoms with Gasteiger partial charge < -0.3 is 5.32 Å². The number of benzene rings is 2. The lowest BCUT2D eigenvalue weighted by molar-refractivity contribution is 0.387. The monoisotopic (exact) mass is 299 g/mol. The molecule has 1 aliphatic carbocycles. The van der Waals surface area contributed by atoms with Gasteiger partial charge in [0.15, 0.2) is 0 Å². The highest BCUT2D eigenvalue weighted by atomic mass is 35.5. The standard InChI is InChI=1S/C19H22ClN/c1-2-10-21-19-16(11-14-6-5-8-17(20)12-14)13-15-7-3-4-9-18(15)19/h3-9,12,16,19,21H,2,10-11,13H2,1H3. The van der Waals surface area contributed by atoms with Crippen molar-refractivity contribution in [2.75, 3.05) is 6.54 Å². The zero-order chi connectivity index (χ0) is 14.7. The summed E-state index contributed by atoms with van der Waals surface area (Å²) in [5.74, 6) is 0.618. The van der Waals surface area contributed by atoms with E-state index in [0.29, 0.717) is 12.0 Å². The van der Waals surface area contributed by atoms with Crippen LogP contribution in [0.25, 0.3) is 0 Å². The molecule has 2 atom stereocenters. The van der Waals surface area contributed by atoms with Crippen molar-refractivity contribution in [3.05, 3.63) is 70.2 Å². The van der Waals surface area contributed by atoms with Gasteiger partial charge in [0.05, 0.1) is 0 Å². The van der Waals surface area contributed by atoms with E-state index >= 15 is 0 Å². The lowest BCUT2D eigenvalue weighted by Crippen LogP contribution is -2.27. The average Bonchev–Trinajstić information content (AvgIpc) is 2.82. The van der Waals surface area contributed by atoms with Crippen LogP contribution in [-0.2, 0) is 12.8 Å². The Hall–Kier alpha value is -1.31. The second-order valence-electron chi connectivity index (χ2n) is 5.93. The van der Waals surface area contributed by atoms with E-state index in [4.69, 9.17) is 11.6 Å². The molecule has 3 rings (SSSR count). The number of rotatable bonds is 5. The van der Waals surface area contributed by atoms with Crippen molar-refractivity contribution in [2.24, 2.45) is 5.92 Å². The molecular weight excluding hydrogens is 278 g/mol. The summed E-state index contributed by atoms with van der Waals surface area (Å²) in [6.45, 7) is 3.30. The molecule has 21 heavy (non-hydrogen) atoms. The molecule has 0 radical (unpaired) electrons. The smallest absolute Gasteiger partial charge is 0.0408 e. The maximum absolute atomic E-state index is 6.12. The van der Waals surface area contributed by atoms with Gasteiger partial charge in [0.2, 0.25) is 0 Å². The fourth-order valence-electron chi connectivity index (χ4n) is 3.41. The number of fused-ring (bicyclic) bond motifs is 1. The minimum atomic E-state index is 0.472. The highest BCUT2D eigenvalue weighted by molar-refractivity contribution is 6.30. The van der Waals surface area contributed by atoms with Gasteiger partial charge in [-0.15, -0.1) is 0 Å². The van der Waals surface area contributed by atoms with E-state index in [1.807, 2.05) is 12.1 Å². The average molecular weight is 300 g/mol. The van der Waals surface area contributed by atoms with Crippen molar-refractivity contribution >= 4 is 11.6 Å². The zero-order valence-electron chi connectivity index (χ0n) is 12.5. The van der Waals surface area contributed by atoms with E-state index < -0.39 is 0 Å². The normalized spacial score (nSPS) is 20.5. The first-order valence-corrected chi connectivity index (χ1v) is 8.21. The second kappa shape index (κ2) is 6.64. The summed E-state index contributed by atoms with van der Waals surface area (Å²) in [6, 6.07) is 17.6. The molecule has 1 nitrogen and oxygen atoms in total. The van der Waals surface area contributed by atoms with Crippen molar-refractivity contribution in [1.82, 2.24) is 5.32 Å². The third kappa shape index (κ3) is 3.30. The predicted octanol–water partition coefficient (Wildman–Crippen LogP) is 4.80. The molecule has 0 saturated carbocycles. The van der Waals surface area contributed by atoms with E-state index in [0.717, 1.165) is 24.4 Å². The number of nitrogens with one attached hydrogen (secondary N) is 1. The molecule has 0 aromatic heterocycles. The van der Waals surface area contributed by atoms with Crippen molar-refractivity contribution in [1.29, 1.82) is 0 Å². The molecule has 2 aromatic rings. The van der Waals surface area contributed by atoms with Gasteiger partial charge in [-0.2, -0.15) is 0 Å². The molecule has 0 aliphatic heterocycles. The molecule has 2 aromatic carbocycles. The van der Waals surface area contributed by atoms with Crippen LogP contribution in [0.1, 0.15) is 36.1 Å². The van der Waals surface area contributed by atoms with E-state index in [9.17, 15) is 0 Å². The highest BCUT2D eigenvalue weighted by Gasteiger charge is 2.31. The van der Waals surface area contributed by atoms with Crippen LogP contribution in [0.5, 0.6) is 0 Å². The van der Waals surface area contributed by atoms with Crippen LogP contribution in [0, 0.1) is 5.92 Å². The Kier molecular flexibility index (Phi) is 4.62. The summed E-state index contributed by atoms with van der Waals surface area (Å²) in [7, 11) is 0. The lowest BCUT2D eigenvalue weighted by atomic mass is 9.92. The van der Waals surface area contributed by atoms with E-state index in [-0.39, 0.29) is 0 Å². The highest BCUT2D eigenvalue weighted by Crippen LogP contribution is 2.38. The topological polar surface area (TPSA) is 12.0 Å². The number of hydrogen-bond donors (Lipinski definition) is 1. The van der Waals surface area contributed by atoms with E-state index in [2.05, 4.69) is 48.6 Å². The molecule has 0 amide bonds. The van der Waals surface area contributed by atoms with E-state index in [1.54, 1.807) is 0 Å². The first kappa shape index (κ1) is 14.6. The van der Waals surface area contributed by atoms with Crippen LogP contribution in [0.3, 0.4) is 0 Å². The molecule has 1 aliphatic rings. The third-order valence-corrected chi connectivity index (χ3v) is 4.58. The maximum atomic E-state index is 6.12. The van der Waals surface area contributed by atoms with Gasteiger partial charge in [-0.05, 0) is 60.5 Å². The first-order valence-electron chi connectivity index (χ1n) is 7.83. The van der Waals surface area contributed by atoms with Gasteiger partial charge in [-0.3, -0.25) is 0 Å². The largest absolute Gasteiger partial charge is 0.310 e. The van der Waals surface area contributed by atoms with Crippen LogP contribution >= 0.6 is 11.6 Å². The Labute approximate surface area is 132 Å². The Morgan fingerprint density at radius 1 is 1.14 bits per heavy atom. The van der Waals surface area contributed by atoms with Gasteiger partial charge >= 0.3 is 0 Å². The van der Waals surface area contributed by atoms with Gasteiger partial charge in [0.1, 0.15) is 0 Å². The van der Waals surface area contributed by atoms with Crippen molar-refractivity contribution < 1.29 is 0 Å². The van der Waals surface area contributed by atoms with Crippen molar-refractivity contribution in [3.8, 4) is 0 Å². The molecule has 0 spiro atoms. The molecule has 0 heterocycles. The van der Waals surface area contributed by atoms with Crippen LogP contribution in [0.15, 0.2) is 48.5 Å². The second-order valence-corrected chi connectivity index (χ2v) is 6.37. The van der Waals surface area contributed by atoms with Gasteiger partial charge in [0, 0.05) is 11.1 Å². The lowest BCUT2D eigenvalue weighted by Gasteiger charge is -2.22. The van der Waals surface area contributed by atoms with Crippen LogP contribution < -0.4 is 5.32 Å². The van der Waals surface area contributed by atoms with E-state index in [1.165, 1.54) is 23.1 Å². The summed E-state index contributed by atoms with van der Waals surface area (Å²) in [5, 5.41) is 4.57. The summed E-state index contributed by atoms with van der Waals surface area (Å²) in [4.78, 5) is 0. The van der Waals surface area contributed by atoms with Crippen molar-refractivity contribution in [2.45, 2.75) is 32.2 Å². The minimum Gasteiger partial charge on any atom is -0.310 e. The van der Waals surface area contributed by atoms with Crippen LogP contribution in [0.4, 0.5) is 0 Å². The molecule has 0 fully saturated rings. The summed E-state index contributed by atoms with van der Waals surface area (Å²) in [6.07, 6.45) is 3.41. The predicted molar refractivity (Wildman–Crippen MR) is 89.8 cm³/mol. The maximum Gasteiger partial charge on any atom is 0.0408 e. The molecule has 110 valence electrons. The Bertz CT molecular complexity index is 608. The van der Waals surface area contributed by atoms with Crippen LogP contribution in [-0.4, -0.2) is 6.54 Å². The number of hydrogen-bond acceptors (Lipinski definition) is 1. The molecular formula is C19H22ClN. The van der Waals surface area contributed by atoms with Gasteiger partial charge in [-0.25, -0.2) is 0 Å². The van der Waals surface area contributed by atoms with Gasteiger partial charge in [0.25, 0.3) is 0 Å². The fourth-order valence-corrected chi connectivity index (χ4v) is 3.62. The Morgan fingerprint density at radius 2 is 2.00 bits per heavy atom. The third-order valence-electron chi connectivity index (χ3n) is 4.34. The first-order chi connectivity index (χ1) is 10.3. The molecule has 1 N–H and O–H groups in total.